The van der Waals surface area contributed by atoms with Gasteiger partial charge in [0.2, 0.25) is 5.95 Å². The summed E-state index contributed by atoms with van der Waals surface area (Å²) >= 11 is 0. The summed E-state index contributed by atoms with van der Waals surface area (Å²) in [6, 6.07) is 6.66. The smallest absolute Gasteiger partial charge is 0.306 e. The standard InChI is InChI=1S/C21H23N7O5.2CH4/c1-28(10-13-9-24-19-17(25-13)18(22)26-21(23)27-19)14-5-2-11(3-6-14)15(29)8-12(20(32)33)4-7-16(30)31;;/h2-3,5-6,9,12H,4,7-8,10H2,1H3,(H,30,31)(H,32,33)(H4,22,23,24,26,27);2*1H4/t12-;;/m0../s1. The fourth-order valence-electron chi connectivity index (χ4n) is 3.25. The average molecular weight is 486 g/mol. The molecule has 1 aromatic carbocycles. The first-order valence-corrected chi connectivity index (χ1v) is 9.97. The second-order valence-corrected chi connectivity index (χ2v) is 7.50. The molecule has 6 N–H and O–H groups in total. The molecule has 12 nitrogen and oxygen atoms in total. The van der Waals surface area contributed by atoms with Crippen LogP contribution in [0, 0.1) is 5.92 Å². The molecule has 12 heteroatoms. The first-order valence-electron chi connectivity index (χ1n) is 9.97. The van der Waals surface area contributed by atoms with Crippen LogP contribution in [0.2, 0.25) is 0 Å². The molecule has 0 aliphatic rings. The number of hydrogen-bond acceptors (Lipinski definition) is 10. The molecule has 0 aliphatic carbocycles. The Labute approximate surface area is 203 Å². The van der Waals surface area contributed by atoms with E-state index in [4.69, 9.17) is 16.6 Å². The van der Waals surface area contributed by atoms with Gasteiger partial charge in [-0.2, -0.15) is 9.97 Å². The number of ketones is 1. The van der Waals surface area contributed by atoms with Gasteiger partial charge in [0.05, 0.1) is 24.4 Å². The molecular weight excluding hydrogens is 454 g/mol. The van der Waals surface area contributed by atoms with E-state index < -0.39 is 17.9 Å². The molecule has 0 saturated carbocycles. The van der Waals surface area contributed by atoms with Gasteiger partial charge in [0.15, 0.2) is 22.8 Å². The van der Waals surface area contributed by atoms with E-state index >= 15 is 0 Å². The summed E-state index contributed by atoms with van der Waals surface area (Å²) in [7, 11) is 1.83. The number of carbonyl (C=O) groups excluding carboxylic acids is 1. The zero-order chi connectivity index (χ0) is 24.1. The van der Waals surface area contributed by atoms with E-state index in [9.17, 15) is 19.5 Å². The molecule has 2 aromatic heterocycles. The molecule has 0 fully saturated rings. The molecule has 0 radical (unpaired) electrons. The minimum absolute atomic E-state index is 0. The number of carboxylic acid groups (broad SMARTS) is 2. The van der Waals surface area contributed by atoms with Gasteiger partial charge in [-0.3, -0.25) is 14.4 Å². The van der Waals surface area contributed by atoms with Crippen LogP contribution in [0.15, 0.2) is 30.5 Å². The summed E-state index contributed by atoms with van der Waals surface area (Å²) in [6.45, 7) is 0.385. The number of carboxylic acids is 2. The second-order valence-electron chi connectivity index (χ2n) is 7.50. The summed E-state index contributed by atoms with van der Waals surface area (Å²) in [5.74, 6) is -3.54. The van der Waals surface area contributed by atoms with Gasteiger partial charge in [0.1, 0.15) is 0 Å². The van der Waals surface area contributed by atoms with E-state index in [0.29, 0.717) is 29.0 Å². The number of nitrogens with two attached hydrogens (primary N) is 2. The van der Waals surface area contributed by atoms with Gasteiger partial charge >= 0.3 is 11.9 Å². The van der Waals surface area contributed by atoms with Crippen LogP contribution in [0.5, 0.6) is 0 Å². The summed E-state index contributed by atoms with van der Waals surface area (Å²) in [4.78, 5) is 52.9. The normalized spacial score (nSPS) is 11.1. The van der Waals surface area contributed by atoms with E-state index in [1.807, 2.05) is 11.9 Å². The van der Waals surface area contributed by atoms with Crippen molar-refractivity contribution < 1.29 is 24.6 Å². The number of benzene rings is 1. The Kier molecular flexibility index (Phi) is 10.0. The maximum atomic E-state index is 12.5. The molecule has 0 spiro atoms. The number of Topliss-reactive ketones (excluding diaryl/α,β-unsaturated/α-hetero) is 1. The lowest BCUT2D eigenvalue weighted by Crippen LogP contribution is -2.20. The third kappa shape index (κ3) is 7.32. The number of anilines is 3. The second kappa shape index (κ2) is 12.2. The van der Waals surface area contributed by atoms with E-state index in [1.54, 1.807) is 30.5 Å². The zero-order valence-corrected chi connectivity index (χ0v) is 17.8. The number of aromatic nitrogens is 4. The van der Waals surface area contributed by atoms with Crippen molar-refractivity contribution in [3.05, 3.63) is 41.7 Å². The summed E-state index contributed by atoms with van der Waals surface area (Å²) in [5, 5.41) is 18.0. The van der Waals surface area contributed by atoms with Crippen LogP contribution in [-0.4, -0.2) is 54.9 Å². The van der Waals surface area contributed by atoms with Crippen molar-refractivity contribution in [2.75, 3.05) is 23.4 Å². The number of carbonyl (C=O) groups is 3. The number of nitrogen functional groups attached to an aromatic ring is 2. The molecular formula is C23H31N7O5. The lowest BCUT2D eigenvalue weighted by Gasteiger charge is -2.19. The third-order valence-electron chi connectivity index (χ3n) is 5.02. The summed E-state index contributed by atoms with van der Waals surface area (Å²) in [5.41, 5.74) is 13.8. The molecule has 2 heterocycles. The van der Waals surface area contributed by atoms with Crippen LogP contribution in [0.3, 0.4) is 0 Å². The SMILES string of the molecule is C.C.CN(Cc1cnc2nc(N)nc(N)c2n1)c1ccc(C(=O)C[C@H](CCC(=O)O)C(=O)O)cc1. The quantitative estimate of drug-likeness (QED) is 0.306. The van der Waals surface area contributed by atoms with Gasteiger partial charge in [0.25, 0.3) is 0 Å². The molecule has 1 atom stereocenters. The predicted octanol–water partition coefficient (Wildman–Crippen LogP) is 2.63. The Balaban J connectivity index is 0.00000306. The van der Waals surface area contributed by atoms with Gasteiger partial charge in [-0.1, -0.05) is 14.9 Å². The Morgan fingerprint density at radius 3 is 2.29 bits per heavy atom. The number of rotatable bonds is 10. The zero-order valence-electron chi connectivity index (χ0n) is 17.8. The van der Waals surface area contributed by atoms with E-state index in [2.05, 4.69) is 19.9 Å². The van der Waals surface area contributed by atoms with Crippen LogP contribution >= 0.6 is 0 Å². The van der Waals surface area contributed by atoms with Crippen LogP contribution in [-0.2, 0) is 16.1 Å². The van der Waals surface area contributed by atoms with Crippen molar-refractivity contribution in [2.24, 2.45) is 5.92 Å². The van der Waals surface area contributed by atoms with E-state index in [-0.39, 0.29) is 51.7 Å². The average Bonchev–Trinajstić information content (AvgIpc) is 2.76. The molecule has 0 amide bonds. The van der Waals surface area contributed by atoms with Crippen molar-refractivity contribution in [1.82, 2.24) is 19.9 Å². The fourth-order valence-corrected chi connectivity index (χ4v) is 3.25. The minimum Gasteiger partial charge on any atom is -0.481 e. The third-order valence-corrected chi connectivity index (χ3v) is 5.02. The van der Waals surface area contributed by atoms with Gasteiger partial charge in [-0.15, -0.1) is 0 Å². The molecule has 0 bridgehead atoms. The van der Waals surface area contributed by atoms with Crippen LogP contribution < -0.4 is 16.4 Å². The first kappa shape index (κ1) is 28.7. The minimum atomic E-state index is -1.19. The van der Waals surface area contributed by atoms with Gasteiger partial charge in [0, 0.05) is 31.1 Å². The maximum Gasteiger partial charge on any atom is 0.306 e. The van der Waals surface area contributed by atoms with Crippen molar-refractivity contribution in [3.63, 3.8) is 0 Å². The first-order chi connectivity index (χ1) is 15.6. The summed E-state index contributed by atoms with van der Waals surface area (Å²) < 4.78 is 0. The van der Waals surface area contributed by atoms with Gasteiger partial charge in [-0.25, -0.2) is 9.97 Å². The molecule has 188 valence electrons. The van der Waals surface area contributed by atoms with E-state index in [1.165, 1.54) is 0 Å². The van der Waals surface area contributed by atoms with Crippen LogP contribution in [0.1, 0.15) is 50.2 Å². The largest absolute Gasteiger partial charge is 0.481 e. The Morgan fingerprint density at radius 1 is 1.03 bits per heavy atom. The summed E-state index contributed by atoms with van der Waals surface area (Å²) in [6.07, 6.45) is 0.882. The number of nitrogens with zero attached hydrogens (tertiary/aromatic N) is 5. The fraction of sp³-hybridized carbons (Fsp3) is 0.348. The lowest BCUT2D eigenvalue weighted by molar-refractivity contribution is -0.142. The van der Waals surface area contributed by atoms with Crippen LogP contribution in [0.25, 0.3) is 11.2 Å². The highest BCUT2D eigenvalue weighted by atomic mass is 16.4. The van der Waals surface area contributed by atoms with Gasteiger partial charge in [-0.05, 0) is 30.7 Å². The highest BCUT2D eigenvalue weighted by Crippen LogP contribution is 2.21. The Hall–Kier alpha value is -4.35. The van der Waals surface area contributed by atoms with Crippen molar-refractivity contribution >= 4 is 46.3 Å². The number of aliphatic carboxylic acids is 2. The predicted molar refractivity (Wildman–Crippen MR) is 133 cm³/mol. The van der Waals surface area contributed by atoms with Crippen molar-refractivity contribution in [1.29, 1.82) is 0 Å². The highest BCUT2D eigenvalue weighted by molar-refractivity contribution is 5.98. The molecule has 3 rings (SSSR count). The van der Waals surface area contributed by atoms with Gasteiger partial charge < -0.3 is 26.6 Å². The highest BCUT2D eigenvalue weighted by Gasteiger charge is 2.23. The number of fused-ring (bicyclic) bond motifs is 1. The molecule has 0 saturated heterocycles. The molecule has 35 heavy (non-hydrogen) atoms. The van der Waals surface area contributed by atoms with E-state index in [0.717, 1.165) is 5.69 Å². The monoisotopic (exact) mass is 485 g/mol. The Bertz CT molecular complexity index is 1200. The topological polar surface area (TPSA) is 199 Å². The molecule has 0 aliphatic heterocycles. The van der Waals surface area contributed by atoms with Crippen LogP contribution in [0.4, 0.5) is 17.5 Å². The number of hydrogen-bond donors (Lipinski definition) is 4. The lowest BCUT2D eigenvalue weighted by atomic mass is 9.94. The molecule has 0 unspecified atom stereocenters. The molecule has 3 aromatic rings. The maximum absolute atomic E-state index is 12.5. The Morgan fingerprint density at radius 2 is 1.69 bits per heavy atom. The van der Waals surface area contributed by atoms with Crippen molar-refractivity contribution in [2.45, 2.75) is 40.7 Å². The van der Waals surface area contributed by atoms with Crippen molar-refractivity contribution in [3.8, 4) is 0 Å².